The SMILES string of the molecule is COC(=O)c1cc(Oc2ncc(C[NH3+])cc2C(F)(F)F)c(F)cc1N(C(=O)C1CCC(C)CC1)C(C)C. The van der Waals surface area contributed by atoms with Crippen LogP contribution < -0.4 is 15.4 Å². The van der Waals surface area contributed by atoms with Crippen LogP contribution in [0.1, 0.15) is 67.9 Å². The number of carbonyl (C=O) groups excluding carboxylic acids is 2. The summed E-state index contributed by atoms with van der Waals surface area (Å²) in [5.74, 6) is -3.51. The molecule has 1 aliphatic carbocycles. The Balaban J connectivity index is 2.07. The molecule has 7 nitrogen and oxygen atoms in total. The molecule has 11 heteroatoms. The van der Waals surface area contributed by atoms with Crippen molar-refractivity contribution in [1.82, 2.24) is 4.98 Å². The molecule has 0 saturated heterocycles. The second kappa shape index (κ2) is 11.5. The first-order valence-electron chi connectivity index (χ1n) is 12.2. The molecule has 2 aromatic rings. The first kappa shape index (κ1) is 28.4. The molecule has 3 rings (SSSR count). The van der Waals surface area contributed by atoms with E-state index in [1.54, 1.807) is 13.8 Å². The van der Waals surface area contributed by atoms with E-state index in [0.29, 0.717) is 18.8 Å². The second-order valence-corrected chi connectivity index (χ2v) is 9.60. The summed E-state index contributed by atoms with van der Waals surface area (Å²) in [6.07, 6.45) is -0.558. The van der Waals surface area contributed by atoms with Gasteiger partial charge in [0, 0.05) is 35.9 Å². The molecule has 0 unspecified atom stereocenters. The van der Waals surface area contributed by atoms with Crippen molar-refractivity contribution in [3.63, 3.8) is 0 Å². The summed E-state index contributed by atoms with van der Waals surface area (Å²) >= 11 is 0. The third-order valence-corrected chi connectivity index (χ3v) is 6.54. The highest BCUT2D eigenvalue weighted by molar-refractivity contribution is 6.04. The van der Waals surface area contributed by atoms with Crippen molar-refractivity contribution < 1.29 is 42.4 Å². The predicted molar refractivity (Wildman–Crippen MR) is 127 cm³/mol. The lowest BCUT2D eigenvalue weighted by molar-refractivity contribution is -0.386. The first-order chi connectivity index (χ1) is 17.4. The van der Waals surface area contributed by atoms with Crippen molar-refractivity contribution >= 4 is 17.6 Å². The first-order valence-corrected chi connectivity index (χ1v) is 12.2. The minimum Gasteiger partial charge on any atom is -0.465 e. The van der Waals surface area contributed by atoms with Crippen molar-refractivity contribution in [1.29, 1.82) is 0 Å². The van der Waals surface area contributed by atoms with Crippen molar-refractivity contribution in [2.45, 2.75) is 65.2 Å². The van der Waals surface area contributed by atoms with E-state index in [9.17, 15) is 22.8 Å². The maximum Gasteiger partial charge on any atom is 0.421 e. The quantitative estimate of drug-likeness (QED) is 0.399. The molecule has 0 spiro atoms. The number of halogens is 4. The van der Waals surface area contributed by atoms with Crippen LogP contribution in [0.15, 0.2) is 24.4 Å². The average molecular weight is 527 g/mol. The molecule has 1 aromatic carbocycles. The normalized spacial score (nSPS) is 18.0. The van der Waals surface area contributed by atoms with Gasteiger partial charge in [0.1, 0.15) is 12.1 Å². The zero-order valence-corrected chi connectivity index (χ0v) is 21.3. The third-order valence-electron chi connectivity index (χ3n) is 6.54. The number of benzene rings is 1. The molecule has 1 fully saturated rings. The zero-order chi connectivity index (χ0) is 27.5. The molecule has 37 heavy (non-hydrogen) atoms. The van der Waals surface area contributed by atoms with Gasteiger partial charge >= 0.3 is 12.1 Å². The maximum absolute atomic E-state index is 15.3. The Bertz CT molecular complexity index is 1150. The van der Waals surface area contributed by atoms with Crippen molar-refractivity contribution in [2.24, 2.45) is 11.8 Å². The lowest BCUT2D eigenvalue weighted by Gasteiger charge is -2.34. The third kappa shape index (κ3) is 6.38. The van der Waals surface area contributed by atoms with Gasteiger partial charge in [-0.25, -0.2) is 14.2 Å². The van der Waals surface area contributed by atoms with E-state index in [1.807, 2.05) is 0 Å². The Morgan fingerprint density at radius 3 is 2.35 bits per heavy atom. The van der Waals surface area contributed by atoms with Crippen LogP contribution in [0.4, 0.5) is 23.2 Å². The van der Waals surface area contributed by atoms with Crippen LogP contribution in [0, 0.1) is 17.7 Å². The molecule has 1 aliphatic rings. The number of methoxy groups -OCH3 is 1. The number of hydrogen-bond acceptors (Lipinski definition) is 5. The van der Waals surface area contributed by atoms with Crippen molar-refractivity contribution in [3.8, 4) is 11.6 Å². The lowest BCUT2D eigenvalue weighted by atomic mass is 9.82. The Labute approximate surface area is 212 Å². The van der Waals surface area contributed by atoms with Crippen LogP contribution in [0.3, 0.4) is 0 Å². The van der Waals surface area contributed by atoms with Crippen LogP contribution in [0.25, 0.3) is 0 Å². The summed E-state index contributed by atoms with van der Waals surface area (Å²) in [4.78, 5) is 31.2. The minimum absolute atomic E-state index is 0.0354. The summed E-state index contributed by atoms with van der Waals surface area (Å²) < 4.78 is 66.3. The number of anilines is 1. The molecule has 1 amide bonds. The number of nitrogens with zero attached hydrogens (tertiary/aromatic N) is 2. The number of amides is 1. The smallest absolute Gasteiger partial charge is 0.421 e. The molecule has 0 bridgehead atoms. The highest BCUT2D eigenvalue weighted by Crippen LogP contribution is 2.40. The van der Waals surface area contributed by atoms with Crippen LogP contribution >= 0.6 is 0 Å². The van der Waals surface area contributed by atoms with Gasteiger partial charge in [-0.2, -0.15) is 13.2 Å². The van der Waals surface area contributed by atoms with Gasteiger partial charge in [0.05, 0.1) is 18.4 Å². The summed E-state index contributed by atoms with van der Waals surface area (Å²) in [7, 11) is 1.11. The molecular weight excluding hydrogens is 494 g/mol. The highest BCUT2D eigenvalue weighted by atomic mass is 19.4. The summed E-state index contributed by atoms with van der Waals surface area (Å²) in [5, 5.41) is 0. The number of esters is 1. The highest BCUT2D eigenvalue weighted by Gasteiger charge is 2.37. The number of hydrogen-bond donors (Lipinski definition) is 1. The largest absolute Gasteiger partial charge is 0.465 e. The van der Waals surface area contributed by atoms with E-state index < -0.39 is 41.2 Å². The van der Waals surface area contributed by atoms with Gasteiger partial charge in [0.15, 0.2) is 11.6 Å². The molecule has 1 heterocycles. The molecule has 1 aromatic heterocycles. The number of ether oxygens (including phenoxy) is 2. The molecule has 202 valence electrons. The number of pyridine rings is 1. The molecular formula is C26H32F4N3O4+. The summed E-state index contributed by atoms with van der Waals surface area (Å²) in [6, 6.07) is 2.25. The van der Waals surface area contributed by atoms with E-state index in [2.05, 4.69) is 17.6 Å². The van der Waals surface area contributed by atoms with Gasteiger partial charge in [0.2, 0.25) is 11.8 Å². The van der Waals surface area contributed by atoms with E-state index >= 15 is 4.39 Å². The van der Waals surface area contributed by atoms with Crippen LogP contribution in [-0.4, -0.2) is 30.0 Å². The maximum atomic E-state index is 15.3. The Morgan fingerprint density at radius 2 is 1.81 bits per heavy atom. The van der Waals surface area contributed by atoms with Gasteiger partial charge in [-0.1, -0.05) is 6.92 Å². The van der Waals surface area contributed by atoms with E-state index in [-0.39, 0.29) is 35.2 Å². The molecule has 0 aliphatic heterocycles. The van der Waals surface area contributed by atoms with Crippen LogP contribution in [0.2, 0.25) is 0 Å². The Morgan fingerprint density at radius 1 is 1.16 bits per heavy atom. The van der Waals surface area contributed by atoms with Gasteiger partial charge < -0.3 is 20.1 Å². The monoisotopic (exact) mass is 526 g/mol. The lowest BCUT2D eigenvalue weighted by Crippen LogP contribution is -2.47. The fourth-order valence-corrected chi connectivity index (χ4v) is 4.47. The summed E-state index contributed by atoms with van der Waals surface area (Å²) in [5.41, 5.74) is 2.31. The number of alkyl halides is 3. The number of aromatic nitrogens is 1. The fourth-order valence-electron chi connectivity index (χ4n) is 4.47. The molecule has 0 radical (unpaired) electrons. The van der Waals surface area contributed by atoms with Gasteiger partial charge in [-0.3, -0.25) is 4.79 Å². The summed E-state index contributed by atoms with van der Waals surface area (Å²) in [6.45, 7) is 5.65. The predicted octanol–water partition coefficient (Wildman–Crippen LogP) is 5.13. The molecule has 3 N–H and O–H groups in total. The van der Waals surface area contributed by atoms with Crippen LogP contribution in [-0.2, 0) is 22.3 Å². The number of quaternary nitrogens is 1. The number of carbonyl (C=O) groups is 2. The van der Waals surface area contributed by atoms with Crippen molar-refractivity contribution in [2.75, 3.05) is 12.0 Å². The van der Waals surface area contributed by atoms with Crippen molar-refractivity contribution in [3.05, 3.63) is 46.9 Å². The standard InChI is InChI=1S/C26H31F4N3O4/c1-14(2)33(24(34)17-7-5-15(3)6-8-17)21-11-20(27)22(10-18(21)25(35)36-4)37-23-19(26(28,29)30)9-16(12-31)13-32-23/h9-11,13-15,17H,5-8,12,31H2,1-4H3/p+1. The minimum atomic E-state index is -4.83. The number of rotatable bonds is 7. The average Bonchev–Trinajstić information content (AvgIpc) is 2.84. The van der Waals surface area contributed by atoms with Gasteiger partial charge in [-0.05, 0) is 51.5 Å². The van der Waals surface area contributed by atoms with E-state index in [4.69, 9.17) is 9.47 Å². The van der Waals surface area contributed by atoms with Gasteiger partial charge in [0.25, 0.3) is 0 Å². The Hall–Kier alpha value is -3.21. The second-order valence-electron chi connectivity index (χ2n) is 9.60. The van der Waals surface area contributed by atoms with E-state index in [0.717, 1.165) is 44.3 Å². The fraction of sp³-hybridized carbons (Fsp3) is 0.500. The van der Waals surface area contributed by atoms with Gasteiger partial charge in [-0.15, -0.1) is 0 Å². The Kier molecular flexibility index (Phi) is 8.78. The van der Waals surface area contributed by atoms with Crippen LogP contribution in [0.5, 0.6) is 11.6 Å². The van der Waals surface area contributed by atoms with E-state index in [1.165, 1.54) is 4.90 Å². The molecule has 0 atom stereocenters. The topological polar surface area (TPSA) is 96.4 Å². The molecule has 1 saturated carbocycles. The zero-order valence-electron chi connectivity index (χ0n) is 21.3.